The summed E-state index contributed by atoms with van der Waals surface area (Å²) in [5.74, 6) is -0.615. The van der Waals surface area contributed by atoms with Crippen LogP contribution in [-0.4, -0.2) is 52.4 Å². The Bertz CT molecular complexity index is 744. The fourth-order valence-electron chi connectivity index (χ4n) is 2.00. The minimum atomic E-state index is -1.04. The van der Waals surface area contributed by atoms with Gasteiger partial charge in [0.15, 0.2) is 0 Å². The number of aromatic carboxylic acids is 1. The van der Waals surface area contributed by atoms with Gasteiger partial charge in [-0.2, -0.15) is 0 Å². The van der Waals surface area contributed by atoms with Crippen LogP contribution in [0.3, 0.4) is 0 Å². The van der Waals surface area contributed by atoms with Crippen LogP contribution in [0.5, 0.6) is 5.75 Å². The molecule has 128 valence electrons. The number of aromatic nitrogens is 1. The van der Waals surface area contributed by atoms with Crippen molar-refractivity contribution < 1.29 is 24.5 Å². The second kappa shape index (κ2) is 7.78. The number of hydrogen-bond donors (Lipinski definition) is 2. The number of ether oxygens (including phenoxy) is 1. The first-order chi connectivity index (χ1) is 11.4. The molecule has 2 N–H and O–H groups in total. The summed E-state index contributed by atoms with van der Waals surface area (Å²) >= 11 is 1.47. The molecule has 0 atom stereocenters. The molecule has 1 aromatic heterocycles. The fourth-order valence-corrected chi connectivity index (χ4v) is 2.76. The summed E-state index contributed by atoms with van der Waals surface area (Å²) in [7, 11) is 1.48. The van der Waals surface area contributed by atoms with Crippen molar-refractivity contribution >= 4 is 23.4 Å². The monoisotopic (exact) mass is 350 g/mol. The summed E-state index contributed by atoms with van der Waals surface area (Å²) in [5, 5.41) is 18.7. The van der Waals surface area contributed by atoms with E-state index in [1.807, 2.05) is 6.92 Å². The van der Waals surface area contributed by atoms with Gasteiger partial charge in [-0.15, -0.1) is 11.3 Å². The second-order valence-corrected chi connectivity index (χ2v) is 6.47. The number of carboxylic acid groups (broad SMARTS) is 2. The van der Waals surface area contributed by atoms with Gasteiger partial charge in [-0.25, -0.2) is 14.6 Å². The minimum absolute atomic E-state index is 0.123. The molecule has 2 aromatic rings. The van der Waals surface area contributed by atoms with Gasteiger partial charge in [0.2, 0.25) is 0 Å². The highest BCUT2D eigenvalue weighted by Gasteiger charge is 2.12. The topological polar surface area (TPSA) is 100.0 Å². The number of amides is 1. The Kier molecular flexibility index (Phi) is 5.75. The first kappa shape index (κ1) is 17.7. The van der Waals surface area contributed by atoms with E-state index in [4.69, 9.17) is 9.84 Å². The minimum Gasteiger partial charge on any atom is -0.493 e. The first-order valence-electron chi connectivity index (χ1n) is 7.25. The van der Waals surface area contributed by atoms with Crippen LogP contribution in [0.2, 0.25) is 0 Å². The standard InChI is InChI=1S/C16H18N2O5S/c1-10-9-17-14(24-10)11-6-12(15(19)20)8-13(7-11)23-5-3-4-18(2)16(21)22/h6-9H,3-5H2,1-2H3,(H,19,20)(H,21,22). The normalized spacial score (nSPS) is 10.4. The van der Waals surface area contributed by atoms with Crippen LogP contribution in [-0.2, 0) is 0 Å². The molecule has 7 nitrogen and oxygen atoms in total. The molecule has 0 unspecified atom stereocenters. The number of thiazole rings is 1. The average Bonchev–Trinajstić information content (AvgIpc) is 2.97. The molecule has 0 saturated carbocycles. The number of nitrogens with zero attached hydrogens (tertiary/aromatic N) is 2. The van der Waals surface area contributed by atoms with Gasteiger partial charge in [-0.3, -0.25) is 0 Å². The van der Waals surface area contributed by atoms with Crippen molar-refractivity contribution in [3.05, 3.63) is 34.8 Å². The van der Waals surface area contributed by atoms with Crippen LogP contribution in [0.1, 0.15) is 21.7 Å². The average molecular weight is 350 g/mol. The van der Waals surface area contributed by atoms with Crippen LogP contribution in [0.4, 0.5) is 4.79 Å². The third-order valence-corrected chi connectivity index (χ3v) is 4.22. The van der Waals surface area contributed by atoms with Gasteiger partial charge in [0.25, 0.3) is 0 Å². The Hall–Kier alpha value is -2.61. The van der Waals surface area contributed by atoms with Crippen LogP contribution < -0.4 is 4.74 Å². The summed E-state index contributed by atoms with van der Waals surface area (Å²) in [6.45, 7) is 2.56. The van der Waals surface area contributed by atoms with Gasteiger partial charge in [-0.05, 0) is 31.5 Å². The lowest BCUT2D eigenvalue weighted by Gasteiger charge is -2.13. The van der Waals surface area contributed by atoms with Gasteiger partial charge in [0.05, 0.1) is 12.2 Å². The Morgan fingerprint density at radius 1 is 1.29 bits per heavy atom. The zero-order chi connectivity index (χ0) is 17.7. The van der Waals surface area contributed by atoms with Crippen molar-refractivity contribution in [2.75, 3.05) is 20.2 Å². The molecule has 8 heteroatoms. The number of rotatable bonds is 7. The van der Waals surface area contributed by atoms with Gasteiger partial charge in [-0.1, -0.05) is 0 Å². The third-order valence-electron chi connectivity index (χ3n) is 3.25. The fraction of sp³-hybridized carbons (Fsp3) is 0.312. The highest BCUT2D eigenvalue weighted by atomic mass is 32.1. The van der Waals surface area contributed by atoms with E-state index in [1.54, 1.807) is 18.3 Å². The van der Waals surface area contributed by atoms with Gasteiger partial charge < -0.3 is 19.8 Å². The maximum atomic E-state index is 11.3. The van der Waals surface area contributed by atoms with Gasteiger partial charge >= 0.3 is 12.1 Å². The number of hydrogen-bond acceptors (Lipinski definition) is 5. The summed E-state index contributed by atoms with van der Waals surface area (Å²) in [6.07, 6.45) is 1.24. The van der Waals surface area contributed by atoms with E-state index in [0.29, 0.717) is 24.3 Å². The summed E-state index contributed by atoms with van der Waals surface area (Å²) < 4.78 is 5.59. The number of carboxylic acids is 1. The lowest BCUT2D eigenvalue weighted by atomic mass is 10.1. The van der Waals surface area contributed by atoms with Crippen molar-refractivity contribution in [1.82, 2.24) is 9.88 Å². The van der Waals surface area contributed by atoms with Crippen molar-refractivity contribution in [1.29, 1.82) is 0 Å². The van der Waals surface area contributed by atoms with Crippen molar-refractivity contribution in [2.45, 2.75) is 13.3 Å². The molecule has 0 saturated heterocycles. The van der Waals surface area contributed by atoms with Crippen LogP contribution in [0.15, 0.2) is 24.4 Å². The van der Waals surface area contributed by atoms with Gasteiger partial charge in [0, 0.05) is 30.2 Å². The van der Waals surface area contributed by atoms with Gasteiger partial charge in [0.1, 0.15) is 10.8 Å². The van der Waals surface area contributed by atoms with E-state index in [9.17, 15) is 14.7 Å². The molecule has 0 bridgehead atoms. The number of carbonyl (C=O) groups is 2. The molecule has 0 spiro atoms. The van der Waals surface area contributed by atoms with Crippen LogP contribution in [0.25, 0.3) is 10.6 Å². The molecule has 24 heavy (non-hydrogen) atoms. The molecule has 2 rings (SSSR count). The van der Waals surface area contributed by atoms with E-state index in [-0.39, 0.29) is 12.2 Å². The number of benzene rings is 1. The Balaban J connectivity index is 2.10. The second-order valence-electron chi connectivity index (χ2n) is 5.23. The molecule has 0 fully saturated rings. The summed E-state index contributed by atoms with van der Waals surface area (Å²) in [5.41, 5.74) is 0.809. The molecular formula is C16H18N2O5S. The molecule has 1 heterocycles. The van der Waals surface area contributed by atoms with Crippen LogP contribution in [0, 0.1) is 6.92 Å². The van der Waals surface area contributed by atoms with Crippen molar-refractivity contribution in [3.8, 4) is 16.3 Å². The maximum absolute atomic E-state index is 11.3. The van der Waals surface area contributed by atoms with Crippen molar-refractivity contribution in [3.63, 3.8) is 0 Å². The molecule has 1 aromatic carbocycles. The van der Waals surface area contributed by atoms with E-state index in [2.05, 4.69) is 4.98 Å². The van der Waals surface area contributed by atoms with E-state index in [1.165, 1.54) is 29.4 Å². The van der Waals surface area contributed by atoms with Crippen LogP contribution >= 0.6 is 11.3 Å². The van der Waals surface area contributed by atoms with Crippen molar-refractivity contribution in [2.24, 2.45) is 0 Å². The van der Waals surface area contributed by atoms with E-state index in [0.717, 1.165) is 9.88 Å². The highest BCUT2D eigenvalue weighted by Crippen LogP contribution is 2.29. The number of aryl methyl sites for hydroxylation is 1. The zero-order valence-electron chi connectivity index (χ0n) is 13.4. The van der Waals surface area contributed by atoms with E-state index < -0.39 is 12.1 Å². The largest absolute Gasteiger partial charge is 0.493 e. The quantitative estimate of drug-likeness (QED) is 0.744. The van der Waals surface area contributed by atoms with E-state index >= 15 is 0 Å². The lowest BCUT2D eigenvalue weighted by molar-refractivity contribution is 0.0696. The predicted octanol–water partition coefficient (Wildman–Crippen LogP) is 3.20. The maximum Gasteiger partial charge on any atom is 0.407 e. The Morgan fingerprint density at radius 3 is 2.62 bits per heavy atom. The summed E-state index contributed by atoms with van der Waals surface area (Å²) in [4.78, 5) is 28.5. The third kappa shape index (κ3) is 4.69. The Morgan fingerprint density at radius 2 is 2.04 bits per heavy atom. The smallest absolute Gasteiger partial charge is 0.407 e. The lowest BCUT2D eigenvalue weighted by Crippen LogP contribution is -2.26. The zero-order valence-corrected chi connectivity index (χ0v) is 14.2. The first-order valence-corrected chi connectivity index (χ1v) is 8.06. The SMILES string of the molecule is Cc1cnc(-c2cc(OCCCN(C)C(=O)O)cc(C(=O)O)c2)s1. The summed E-state index contributed by atoms with van der Waals surface area (Å²) in [6, 6.07) is 4.75. The predicted molar refractivity (Wildman–Crippen MR) is 90.0 cm³/mol. The molecular weight excluding hydrogens is 332 g/mol. The molecule has 0 aliphatic heterocycles. The Labute approximate surface area is 143 Å². The molecule has 1 amide bonds. The molecule has 0 radical (unpaired) electrons. The molecule has 0 aliphatic rings. The highest BCUT2D eigenvalue weighted by molar-refractivity contribution is 7.14. The molecule has 0 aliphatic carbocycles.